The summed E-state index contributed by atoms with van der Waals surface area (Å²) in [5, 5.41) is 2.24. The molecule has 0 fully saturated rings. The van der Waals surface area contributed by atoms with Crippen LogP contribution < -0.4 is 14.8 Å². The smallest absolute Gasteiger partial charge is 0.258 e. The van der Waals surface area contributed by atoms with Crippen molar-refractivity contribution < 1.29 is 19.1 Å². The van der Waals surface area contributed by atoms with E-state index < -0.39 is 0 Å². The van der Waals surface area contributed by atoms with Gasteiger partial charge in [0.2, 0.25) is 0 Å². The van der Waals surface area contributed by atoms with Crippen LogP contribution in [0.1, 0.15) is 18.4 Å². The lowest BCUT2D eigenvalue weighted by molar-refractivity contribution is -0.123. The molecule has 1 aliphatic heterocycles. The minimum atomic E-state index is -0.380. The van der Waals surface area contributed by atoms with Crippen LogP contribution in [-0.2, 0) is 9.59 Å². The Labute approximate surface area is 181 Å². The third-order valence-corrected chi connectivity index (χ3v) is 4.96. The summed E-state index contributed by atoms with van der Waals surface area (Å²) in [5.74, 6) is 0.842. The maximum absolute atomic E-state index is 11.7. The molecule has 3 aromatic rings. The van der Waals surface area contributed by atoms with Gasteiger partial charge in [-0.2, -0.15) is 0 Å². The van der Waals surface area contributed by atoms with Crippen LogP contribution in [0.2, 0.25) is 0 Å². The predicted octanol–water partition coefficient (Wildman–Crippen LogP) is 4.63. The summed E-state index contributed by atoms with van der Waals surface area (Å²) < 4.78 is 11.6. The van der Waals surface area contributed by atoms with E-state index in [1.165, 1.54) is 17.2 Å². The second-order valence-corrected chi connectivity index (χ2v) is 7.20. The van der Waals surface area contributed by atoms with E-state index >= 15 is 0 Å². The van der Waals surface area contributed by atoms with E-state index in [-0.39, 0.29) is 11.8 Å². The van der Waals surface area contributed by atoms with Crippen molar-refractivity contribution in [3.05, 3.63) is 90.5 Å². The van der Waals surface area contributed by atoms with Gasteiger partial charge in [-0.25, -0.2) is 0 Å². The molecular weight excluding hydrogens is 390 g/mol. The Morgan fingerprint density at radius 1 is 0.613 bits per heavy atom. The first kappa shape index (κ1) is 20.4. The Kier molecular flexibility index (Phi) is 6.43. The molecule has 0 saturated heterocycles. The number of unbranched alkanes of at least 4 members (excludes halogenated alkanes) is 1. The van der Waals surface area contributed by atoms with Gasteiger partial charge in [-0.05, 0) is 53.8 Å². The molecule has 3 aromatic carbocycles. The fraction of sp³-hybridized carbons (Fsp3) is 0.154. The number of hydrogen-bond acceptors (Lipinski definition) is 4. The van der Waals surface area contributed by atoms with Gasteiger partial charge in [-0.3, -0.25) is 14.9 Å². The number of carbonyl (C=O) groups excluding carboxylic acids is 2. The molecule has 1 N–H and O–H groups in total. The lowest BCUT2D eigenvalue weighted by atomic mass is 10.1. The summed E-state index contributed by atoms with van der Waals surface area (Å²) >= 11 is 0. The van der Waals surface area contributed by atoms with Crippen LogP contribution in [-0.4, -0.2) is 25.0 Å². The summed E-state index contributed by atoms with van der Waals surface area (Å²) in [6.45, 7) is 1.21. The molecule has 0 aromatic heterocycles. The van der Waals surface area contributed by atoms with Gasteiger partial charge >= 0.3 is 0 Å². The third kappa shape index (κ3) is 5.39. The molecule has 0 bridgehead atoms. The number of imide groups is 1. The first-order valence-electron chi connectivity index (χ1n) is 10.3. The summed E-state index contributed by atoms with van der Waals surface area (Å²) in [5.41, 5.74) is 3.44. The minimum Gasteiger partial charge on any atom is -0.494 e. The van der Waals surface area contributed by atoms with Crippen LogP contribution in [0.25, 0.3) is 16.7 Å². The quantitative estimate of drug-likeness (QED) is 0.410. The number of hydrogen-bond donors (Lipinski definition) is 1. The number of ether oxygens (including phenoxy) is 2. The molecule has 5 heteroatoms. The van der Waals surface area contributed by atoms with Crippen molar-refractivity contribution in [3.8, 4) is 22.6 Å². The standard InChI is InChI=1S/C26H23NO4/c28-25-18-24(26(29)27-25)21-10-14-23(15-11-21)31-17-5-4-16-30-22-12-8-20(9-13-22)19-6-2-1-3-7-19/h1-3,6-15,18H,4-5,16-17H2,(H,27,28,29). The Morgan fingerprint density at radius 2 is 1.13 bits per heavy atom. The van der Waals surface area contributed by atoms with Crippen LogP contribution >= 0.6 is 0 Å². The van der Waals surface area contributed by atoms with Gasteiger partial charge in [0.25, 0.3) is 11.8 Å². The fourth-order valence-corrected chi connectivity index (χ4v) is 3.32. The molecule has 31 heavy (non-hydrogen) atoms. The SMILES string of the molecule is O=C1C=C(c2ccc(OCCCCOc3ccc(-c4ccccc4)cc3)cc2)C(=O)N1. The zero-order chi connectivity index (χ0) is 21.5. The first-order chi connectivity index (χ1) is 15.2. The Morgan fingerprint density at radius 3 is 1.65 bits per heavy atom. The van der Waals surface area contributed by atoms with Gasteiger partial charge in [-0.15, -0.1) is 0 Å². The Bertz CT molecular complexity index is 1070. The van der Waals surface area contributed by atoms with Crippen molar-refractivity contribution >= 4 is 17.4 Å². The lowest BCUT2D eigenvalue weighted by Crippen LogP contribution is -2.21. The second kappa shape index (κ2) is 9.76. The molecule has 0 spiro atoms. The zero-order valence-corrected chi connectivity index (χ0v) is 17.0. The molecule has 1 aliphatic rings. The predicted molar refractivity (Wildman–Crippen MR) is 120 cm³/mol. The van der Waals surface area contributed by atoms with Gasteiger partial charge < -0.3 is 9.47 Å². The molecule has 5 nitrogen and oxygen atoms in total. The van der Waals surface area contributed by atoms with Crippen molar-refractivity contribution in [2.24, 2.45) is 0 Å². The van der Waals surface area contributed by atoms with E-state index in [9.17, 15) is 9.59 Å². The molecule has 0 aliphatic carbocycles. The largest absolute Gasteiger partial charge is 0.494 e. The average Bonchev–Trinajstić information content (AvgIpc) is 3.15. The summed E-state index contributed by atoms with van der Waals surface area (Å²) in [4.78, 5) is 22.9. The van der Waals surface area contributed by atoms with Gasteiger partial charge in [-0.1, -0.05) is 54.6 Å². The summed E-state index contributed by atoms with van der Waals surface area (Å²) in [6, 6.07) is 25.5. The number of rotatable bonds is 9. The molecule has 4 rings (SSSR count). The van der Waals surface area contributed by atoms with E-state index in [0.29, 0.717) is 24.4 Å². The van der Waals surface area contributed by atoms with Crippen LogP contribution in [0, 0.1) is 0 Å². The molecule has 0 atom stereocenters. The highest BCUT2D eigenvalue weighted by Gasteiger charge is 2.21. The zero-order valence-electron chi connectivity index (χ0n) is 17.0. The number of carbonyl (C=O) groups is 2. The topological polar surface area (TPSA) is 64.6 Å². The van der Waals surface area contributed by atoms with E-state index in [1.54, 1.807) is 24.3 Å². The summed E-state index contributed by atoms with van der Waals surface area (Å²) in [6.07, 6.45) is 3.06. The van der Waals surface area contributed by atoms with Gasteiger partial charge in [0.1, 0.15) is 11.5 Å². The van der Waals surface area contributed by atoms with E-state index in [0.717, 1.165) is 24.3 Å². The van der Waals surface area contributed by atoms with Gasteiger partial charge in [0.05, 0.1) is 18.8 Å². The van der Waals surface area contributed by atoms with Crippen molar-refractivity contribution in [2.75, 3.05) is 13.2 Å². The van der Waals surface area contributed by atoms with E-state index in [2.05, 4.69) is 29.6 Å². The highest BCUT2D eigenvalue weighted by molar-refractivity contribution is 6.33. The highest BCUT2D eigenvalue weighted by atomic mass is 16.5. The van der Waals surface area contributed by atoms with E-state index in [4.69, 9.17) is 9.47 Å². The third-order valence-electron chi connectivity index (χ3n) is 4.96. The van der Waals surface area contributed by atoms with Gasteiger partial charge in [0.15, 0.2) is 0 Å². The van der Waals surface area contributed by atoms with Crippen molar-refractivity contribution in [2.45, 2.75) is 12.8 Å². The molecule has 156 valence electrons. The molecule has 2 amide bonds. The molecular formula is C26H23NO4. The molecule has 0 saturated carbocycles. The average molecular weight is 413 g/mol. The van der Waals surface area contributed by atoms with Crippen LogP contribution in [0.3, 0.4) is 0 Å². The lowest BCUT2D eigenvalue weighted by Gasteiger charge is -2.09. The normalized spacial score (nSPS) is 13.0. The van der Waals surface area contributed by atoms with Crippen molar-refractivity contribution in [1.82, 2.24) is 5.32 Å². The Balaban J connectivity index is 1.16. The maximum atomic E-state index is 11.7. The molecule has 0 unspecified atom stereocenters. The monoisotopic (exact) mass is 413 g/mol. The molecule has 0 radical (unpaired) electrons. The van der Waals surface area contributed by atoms with E-state index in [1.807, 2.05) is 30.3 Å². The minimum absolute atomic E-state index is 0.367. The first-order valence-corrected chi connectivity index (χ1v) is 10.3. The maximum Gasteiger partial charge on any atom is 0.258 e. The highest BCUT2D eigenvalue weighted by Crippen LogP contribution is 2.23. The van der Waals surface area contributed by atoms with Crippen LogP contribution in [0.5, 0.6) is 11.5 Å². The number of nitrogens with one attached hydrogen (secondary N) is 1. The summed E-state index contributed by atoms with van der Waals surface area (Å²) in [7, 11) is 0. The van der Waals surface area contributed by atoms with Crippen LogP contribution in [0.4, 0.5) is 0 Å². The van der Waals surface area contributed by atoms with Gasteiger partial charge in [0, 0.05) is 6.08 Å². The van der Waals surface area contributed by atoms with Crippen LogP contribution in [0.15, 0.2) is 84.9 Å². The van der Waals surface area contributed by atoms with Crippen molar-refractivity contribution in [1.29, 1.82) is 0 Å². The Hall–Kier alpha value is -3.86. The number of amides is 2. The second-order valence-electron chi connectivity index (χ2n) is 7.20. The molecule has 1 heterocycles. The number of benzene rings is 3. The fourth-order valence-electron chi connectivity index (χ4n) is 3.32. The van der Waals surface area contributed by atoms with Crippen molar-refractivity contribution in [3.63, 3.8) is 0 Å².